The Kier molecular flexibility index (Phi) is 11.5. The maximum Gasteiger partial charge on any atom is 0.337 e. The molecular formula is C32H43N2O5S+. The van der Waals surface area contributed by atoms with Crippen LogP contribution in [0.25, 0.3) is 11.1 Å². The predicted octanol–water partition coefficient (Wildman–Crippen LogP) is 5.83. The quantitative estimate of drug-likeness (QED) is 0.260. The molecule has 0 bridgehead atoms. The number of esters is 1. The first-order chi connectivity index (χ1) is 19.3. The summed E-state index contributed by atoms with van der Waals surface area (Å²) >= 11 is 0. The zero-order valence-electron chi connectivity index (χ0n) is 24.8. The second-order valence-corrected chi connectivity index (χ2v) is 11.2. The fraction of sp³-hybridized carbons (Fsp3) is 0.406. The topological polar surface area (TPSA) is 73.9 Å². The first-order valence-electron chi connectivity index (χ1n) is 13.8. The summed E-state index contributed by atoms with van der Waals surface area (Å²) in [5.41, 5.74) is 6.12. The summed E-state index contributed by atoms with van der Waals surface area (Å²) in [4.78, 5) is 12.7. The van der Waals surface area contributed by atoms with Crippen molar-refractivity contribution in [1.29, 1.82) is 0 Å². The first kappa shape index (κ1) is 31.5. The lowest BCUT2D eigenvalue weighted by Crippen LogP contribution is -2.55. The van der Waals surface area contributed by atoms with E-state index in [1.807, 2.05) is 63.2 Å². The molecule has 0 radical (unpaired) electrons. The lowest BCUT2D eigenvalue weighted by Gasteiger charge is -2.46. The molecule has 0 aliphatic carbocycles. The van der Waals surface area contributed by atoms with Gasteiger partial charge in [-0.1, -0.05) is 32.0 Å². The lowest BCUT2D eigenvalue weighted by molar-refractivity contribution is -0.974. The molecule has 1 aliphatic rings. The van der Waals surface area contributed by atoms with Crippen molar-refractivity contribution < 1.29 is 27.7 Å². The summed E-state index contributed by atoms with van der Waals surface area (Å²) in [7, 11) is 3.55. The molecule has 0 saturated carbocycles. The molecule has 0 spiro atoms. The summed E-state index contributed by atoms with van der Waals surface area (Å²) in [6.45, 7) is 12.3. The molecule has 8 heteroatoms. The third-order valence-corrected chi connectivity index (χ3v) is 8.66. The number of rotatable bonds is 9. The molecule has 1 heterocycles. The molecular weight excluding hydrogens is 524 g/mol. The molecule has 2 unspecified atom stereocenters. The minimum Gasteiger partial charge on any atom is -0.497 e. The Labute approximate surface area is 241 Å². The largest absolute Gasteiger partial charge is 0.497 e. The van der Waals surface area contributed by atoms with Crippen LogP contribution in [0, 0.1) is 6.92 Å². The van der Waals surface area contributed by atoms with Crippen LogP contribution in [0.4, 0.5) is 0 Å². The van der Waals surface area contributed by atoms with E-state index in [9.17, 15) is 9.00 Å². The number of nitrogens with zero attached hydrogens (tertiary/aromatic N) is 1. The Morgan fingerprint density at radius 1 is 1.02 bits per heavy atom. The number of methoxy groups -OCH3 is 2. The highest BCUT2D eigenvalue weighted by atomic mass is 32.2. The average molecular weight is 568 g/mol. The van der Waals surface area contributed by atoms with Gasteiger partial charge in [0.1, 0.15) is 42.4 Å². The molecule has 3 aromatic carbocycles. The molecule has 2 atom stereocenters. The van der Waals surface area contributed by atoms with Crippen LogP contribution >= 0.6 is 0 Å². The van der Waals surface area contributed by atoms with Crippen LogP contribution in [-0.4, -0.2) is 62.2 Å². The minimum atomic E-state index is -1.23. The van der Waals surface area contributed by atoms with Crippen LogP contribution in [0.15, 0.2) is 65.6 Å². The number of quaternary nitrogens is 1. The van der Waals surface area contributed by atoms with Crippen molar-refractivity contribution in [2.75, 3.05) is 47.6 Å². The van der Waals surface area contributed by atoms with Gasteiger partial charge >= 0.3 is 5.97 Å². The average Bonchev–Trinajstić information content (AvgIpc) is 3.01. The number of carbonyl (C=O) groups excluding carboxylic acids is 1. The van der Waals surface area contributed by atoms with Crippen LogP contribution in [0.1, 0.15) is 53.9 Å². The van der Waals surface area contributed by atoms with Crippen molar-refractivity contribution in [2.45, 2.75) is 45.2 Å². The van der Waals surface area contributed by atoms with Gasteiger partial charge in [-0.2, -0.15) is 0 Å². The number of carbonyl (C=O) groups is 1. The van der Waals surface area contributed by atoms with Crippen LogP contribution in [-0.2, 0) is 27.0 Å². The molecule has 1 saturated heterocycles. The van der Waals surface area contributed by atoms with Crippen LogP contribution in [0.3, 0.4) is 0 Å². The fourth-order valence-corrected chi connectivity index (χ4v) is 6.01. The third-order valence-electron chi connectivity index (χ3n) is 7.61. The van der Waals surface area contributed by atoms with Crippen molar-refractivity contribution in [3.8, 4) is 16.9 Å². The monoisotopic (exact) mass is 567 g/mol. The molecule has 4 rings (SSSR count). The molecule has 0 aromatic heterocycles. The van der Waals surface area contributed by atoms with E-state index < -0.39 is 11.0 Å². The van der Waals surface area contributed by atoms with Crippen molar-refractivity contribution in [2.24, 2.45) is 0 Å². The van der Waals surface area contributed by atoms with Gasteiger partial charge in [0.2, 0.25) is 0 Å². The van der Waals surface area contributed by atoms with E-state index in [0.29, 0.717) is 18.8 Å². The van der Waals surface area contributed by atoms with Crippen molar-refractivity contribution >= 4 is 17.0 Å². The molecule has 7 nitrogen and oxygen atoms in total. The predicted molar refractivity (Wildman–Crippen MR) is 161 cm³/mol. The van der Waals surface area contributed by atoms with Gasteiger partial charge in [0.25, 0.3) is 0 Å². The number of hydrogen-bond donors (Lipinski definition) is 1. The number of morpholine rings is 1. The van der Waals surface area contributed by atoms with Gasteiger partial charge in [0, 0.05) is 11.1 Å². The van der Waals surface area contributed by atoms with Gasteiger partial charge in [-0.25, -0.2) is 13.7 Å². The summed E-state index contributed by atoms with van der Waals surface area (Å²) < 4.78 is 32.2. The Bertz CT molecular complexity index is 1300. The van der Waals surface area contributed by atoms with E-state index in [0.717, 1.165) is 51.5 Å². The van der Waals surface area contributed by atoms with Gasteiger partial charge in [-0.15, -0.1) is 0 Å². The van der Waals surface area contributed by atoms with E-state index in [1.54, 1.807) is 14.2 Å². The number of nitrogens with one attached hydrogen (secondary N) is 1. The second kappa shape index (κ2) is 14.6. The molecule has 1 fully saturated rings. The normalized spacial score (nSPS) is 15.8. The number of aryl methyl sites for hydroxylation is 1. The Morgan fingerprint density at radius 3 is 2.27 bits per heavy atom. The maximum absolute atomic E-state index is 12.2. The van der Waals surface area contributed by atoms with Crippen molar-refractivity contribution in [1.82, 2.24) is 4.72 Å². The highest BCUT2D eigenvalue weighted by molar-refractivity contribution is 7.83. The summed E-state index contributed by atoms with van der Waals surface area (Å²) in [5, 5.41) is 0. The van der Waals surface area contributed by atoms with E-state index in [2.05, 4.69) is 29.8 Å². The van der Waals surface area contributed by atoms with Gasteiger partial charge in [-0.3, -0.25) is 0 Å². The molecule has 1 aliphatic heterocycles. The van der Waals surface area contributed by atoms with Crippen LogP contribution in [0.2, 0.25) is 0 Å². The standard InChI is InChI=1S/C30H37N2O5S.C2H6/c1-21-16-28(38(34)31-3)10-11-29(21)26-17-23(18-27(19-26)35-4)20-32(12-14-37-15-13-32)22(2)24-6-8-25(9-7-24)30(33)36-5;1-2/h6-11,16-19,22,31H,12-15,20H2,1-5H3;1-2H3/q+1;. The summed E-state index contributed by atoms with van der Waals surface area (Å²) in [6, 6.07) is 20.2. The van der Waals surface area contributed by atoms with Crippen molar-refractivity contribution in [3.05, 3.63) is 82.9 Å². The lowest BCUT2D eigenvalue weighted by atomic mass is 9.96. The number of ether oxygens (including phenoxy) is 3. The molecule has 40 heavy (non-hydrogen) atoms. The van der Waals surface area contributed by atoms with Gasteiger partial charge < -0.3 is 18.7 Å². The van der Waals surface area contributed by atoms with E-state index in [1.165, 1.54) is 18.2 Å². The van der Waals surface area contributed by atoms with Crippen molar-refractivity contribution in [3.63, 3.8) is 0 Å². The van der Waals surface area contributed by atoms with E-state index in [4.69, 9.17) is 14.2 Å². The van der Waals surface area contributed by atoms with Crippen LogP contribution < -0.4 is 9.46 Å². The van der Waals surface area contributed by atoms with E-state index >= 15 is 0 Å². The molecule has 1 N–H and O–H groups in total. The number of hydrogen-bond acceptors (Lipinski definition) is 5. The number of benzene rings is 3. The Balaban J connectivity index is 0.00000216. The van der Waals surface area contributed by atoms with Gasteiger partial charge in [-0.05, 0) is 80.1 Å². The Hall–Kier alpha value is -3.04. The molecule has 0 amide bonds. The smallest absolute Gasteiger partial charge is 0.337 e. The molecule has 3 aromatic rings. The van der Waals surface area contributed by atoms with Gasteiger partial charge in [0.15, 0.2) is 0 Å². The maximum atomic E-state index is 12.2. The second-order valence-electron chi connectivity index (χ2n) is 9.75. The minimum absolute atomic E-state index is 0.192. The zero-order chi connectivity index (χ0) is 29.3. The fourth-order valence-electron chi connectivity index (χ4n) is 5.30. The van der Waals surface area contributed by atoms with Gasteiger partial charge in [0.05, 0.1) is 37.9 Å². The zero-order valence-corrected chi connectivity index (χ0v) is 25.6. The molecule has 216 valence electrons. The Morgan fingerprint density at radius 2 is 1.70 bits per heavy atom. The van der Waals surface area contributed by atoms with Crippen LogP contribution in [0.5, 0.6) is 5.75 Å². The SMILES string of the molecule is CC.CNS(=O)c1ccc(-c2cc(C[N+]3(C(C)c4ccc(C(=O)OC)cc4)CCOCC3)cc(OC)c2)c(C)c1. The third kappa shape index (κ3) is 7.18. The van der Waals surface area contributed by atoms with E-state index in [-0.39, 0.29) is 12.0 Å². The summed E-state index contributed by atoms with van der Waals surface area (Å²) in [5.74, 6) is 0.477. The highest BCUT2D eigenvalue weighted by Crippen LogP contribution is 2.36. The first-order valence-corrected chi connectivity index (χ1v) is 14.9. The summed E-state index contributed by atoms with van der Waals surface area (Å²) in [6.07, 6.45) is 0. The highest BCUT2D eigenvalue weighted by Gasteiger charge is 2.37.